The molecule has 0 aromatic rings. The molecule has 0 rings (SSSR count). The highest BCUT2D eigenvalue weighted by molar-refractivity contribution is 5.76. The van der Waals surface area contributed by atoms with Crippen LogP contribution in [0.25, 0.3) is 0 Å². The molecule has 0 spiro atoms. The number of esters is 1. The van der Waals surface area contributed by atoms with Gasteiger partial charge in [-0.1, -0.05) is 332 Å². The number of hydrogen-bond acceptors (Lipinski definition) is 5. The van der Waals surface area contributed by atoms with Crippen molar-refractivity contribution in [2.24, 2.45) is 0 Å². The fourth-order valence-corrected chi connectivity index (χ4v) is 11.1. The standard InChI is InChI=1S/C74H139NO5/c1-3-5-7-9-11-13-15-16-17-18-39-42-45-48-52-56-60-64-68-74(79)80-69-65-61-57-53-49-46-43-40-37-35-33-31-29-27-25-23-21-19-20-22-24-26-28-30-32-34-36-38-41-44-47-51-55-59-63-67-73(78)75-71(70-76)72(77)66-62-58-54-50-14-12-10-8-6-4-2/h13,15,17-18,21,23,27,29,71-72,76-77H,3-12,14,16,19-20,22,24-26,28,30-70H2,1-2H3,(H,75,78)/b15-13-,18-17-,23-21-,29-27-. The SMILES string of the molecule is CCCCCC/C=C\C/C=C\CCCCCCCCCC(=O)OCCCCCCCCCCCCC/C=C\C/C=C\CCCCCCCCCCCCCCCCCCCC(=O)NC(CO)C(O)CCCCCCCCCCCC. The lowest BCUT2D eigenvalue weighted by molar-refractivity contribution is -0.143. The van der Waals surface area contributed by atoms with Gasteiger partial charge in [-0.15, -0.1) is 0 Å². The number of nitrogens with one attached hydrogen (secondary N) is 1. The first-order chi connectivity index (χ1) is 39.5. The summed E-state index contributed by atoms with van der Waals surface area (Å²) in [5.74, 6) is -0.0236. The van der Waals surface area contributed by atoms with Crippen LogP contribution in [-0.2, 0) is 14.3 Å². The number of hydrogen-bond donors (Lipinski definition) is 3. The van der Waals surface area contributed by atoms with Crippen LogP contribution in [0.2, 0.25) is 0 Å². The summed E-state index contributed by atoms with van der Waals surface area (Å²) in [7, 11) is 0. The van der Waals surface area contributed by atoms with E-state index in [0.29, 0.717) is 25.9 Å². The lowest BCUT2D eigenvalue weighted by Gasteiger charge is -2.22. The Morgan fingerprint density at radius 3 is 0.963 bits per heavy atom. The van der Waals surface area contributed by atoms with E-state index in [1.165, 1.54) is 295 Å². The monoisotopic (exact) mass is 1120 g/mol. The molecule has 0 aliphatic carbocycles. The minimum Gasteiger partial charge on any atom is -0.466 e. The number of aliphatic hydroxyl groups excluding tert-OH is 2. The first-order valence-corrected chi connectivity index (χ1v) is 35.9. The van der Waals surface area contributed by atoms with Gasteiger partial charge in [0.2, 0.25) is 5.91 Å². The second-order valence-electron chi connectivity index (χ2n) is 24.6. The normalized spacial score (nSPS) is 12.8. The Kier molecular flexibility index (Phi) is 67.4. The van der Waals surface area contributed by atoms with Gasteiger partial charge in [0.25, 0.3) is 0 Å². The van der Waals surface area contributed by atoms with Crippen molar-refractivity contribution in [3.8, 4) is 0 Å². The molecule has 0 saturated heterocycles. The van der Waals surface area contributed by atoms with E-state index in [1.54, 1.807) is 0 Å². The van der Waals surface area contributed by atoms with E-state index in [1.807, 2.05) is 0 Å². The van der Waals surface area contributed by atoms with E-state index in [4.69, 9.17) is 4.74 Å². The molecule has 0 saturated carbocycles. The van der Waals surface area contributed by atoms with Gasteiger partial charge in [0, 0.05) is 12.8 Å². The Morgan fingerprint density at radius 2 is 0.625 bits per heavy atom. The van der Waals surface area contributed by atoms with Gasteiger partial charge in [-0.25, -0.2) is 0 Å². The van der Waals surface area contributed by atoms with Crippen LogP contribution < -0.4 is 5.32 Å². The molecule has 6 heteroatoms. The number of unbranched alkanes of at least 4 members (excludes halogenated alkanes) is 48. The van der Waals surface area contributed by atoms with Crippen molar-refractivity contribution < 1.29 is 24.5 Å². The largest absolute Gasteiger partial charge is 0.466 e. The average molecular weight is 1120 g/mol. The molecule has 0 aliphatic rings. The first kappa shape index (κ1) is 77.8. The molecule has 0 aromatic carbocycles. The molecule has 1 amide bonds. The van der Waals surface area contributed by atoms with Gasteiger partial charge in [0.1, 0.15) is 0 Å². The number of carbonyl (C=O) groups excluding carboxylic acids is 2. The zero-order valence-corrected chi connectivity index (χ0v) is 53.8. The summed E-state index contributed by atoms with van der Waals surface area (Å²) in [6.45, 7) is 4.94. The van der Waals surface area contributed by atoms with Crippen molar-refractivity contribution in [2.75, 3.05) is 13.2 Å². The molecule has 0 aromatic heterocycles. The minimum absolute atomic E-state index is 0.00949. The third-order valence-electron chi connectivity index (χ3n) is 16.6. The van der Waals surface area contributed by atoms with Gasteiger partial charge in [-0.05, 0) is 89.9 Å². The van der Waals surface area contributed by atoms with E-state index < -0.39 is 12.1 Å². The van der Waals surface area contributed by atoms with Gasteiger partial charge in [-0.2, -0.15) is 0 Å². The smallest absolute Gasteiger partial charge is 0.305 e. The molecular formula is C74H139NO5. The Hall–Kier alpha value is -2.18. The van der Waals surface area contributed by atoms with Gasteiger partial charge in [0.15, 0.2) is 0 Å². The van der Waals surface area contributed by atoms with E-state index in [2.05, 4.69) is 67.8 Å². The molecule has 470 valence electrons. The third kappa shape index (κ3) is 65.0. The van der Waals surface area contributed by atoms with Crippen LogP contribution in [0, 0.1) is 0 Å². The fraction of sp³-hybridized carbons (Fsp3) is 0.865. The van der Waals surface area contributed by atoms with Gasteiger partial charge >= 0.3 is 5.97 Å². The minimum atomic E-state index is -0.661. The van der Waals surface area contributed by atoms with Crippen molar-refractivity contribution in [2.45, 2.75) is 398 Å². The lowest BCUT2D eigenvalue weighted by atomic mass is 10.0. The number of ether oxygens (including phenoxy) is 1. The van der Waals surface area contributed by atoms with E-state index in [0.717, 1.165) is 57.8 Å². The van der Waals surface area contributed by atoms with Crippen LogP contribution in [0.3, 0.4) is 0 Å². The van der Waals surface area contributed by atoms with Crippen molar-refractivity contribution in [1.82, 2.24) is 5.32 Å². The van der Waals surface area contributed by atoms with Crippen LogP contribution in [0.5, 0.6) is 0 Å². The predicted molar refractivity (Wildman–Crippen MR) is 352 cm³/mol. The van der Waals surface area contributed by atoms with Crippen molar-refractivity contribution in [1.29, 1.82) is 0 Å². The summed E-state index contributed by atoms with van der Waals surface area (Å²) < 4.78 is 5.50. The van der Waals surface area contributed by atoms with Crippen molar-refractivity contribution in [3.05, 3.63) is 48.6 Å². The number of allylic oxidation sites excluding steroid dienone is 8. The molecule has 3 N–H and O–H groups in total. The molecule has 6 nitrogen and oxygen atoms in total. The summed E-state index contributed by atoms with van der Waals surface area (Å²) in [6.07, 6.45) is 90.4. The highest BCUT2D eigenvalue weighted by Gasteiger charge is 2.20. The highest BCUT2D eigenvalue weighted by Crippen LogP contribution is 2.18. The topological polar surface area (TPSA) is 95.9 Å². The Balaban J connectivity index is 3.35. The molecule has 0 heterocycles. The maximum Gasteiger partial charge on any atom is 0.305 e. The van der Waals surface area contributed by atoms with E-state index >= 15 is 0 Å². The molecule has 2 unspecified atom stereocenters. The summed E-state index contributed by atoms with van der Waals surface area (Å²) in [5, 5.41) is 23.2. The second kappa shape index (κ2) is 69.3. The maximum absolute atomic E-state index is 12.4. The Morgan fingerprint density at radius 1 is 0.350 bits per heavy atom. The van der Waals surface area contributed by atoms with Crippen LogP contribution in [0.4, 0.5) is 0 Å². The summed E-state index contributed by atoms with van der Waals surface area (Å²) in [6, 6.07) is -0.538. The third-order valence-corrected chi connectivity index (χ3v) is 16.6. The Labute approximate surface area is 499 Å². The molecule has 0 fully saturated rings. The first-order valence-electron chi connectivity index (χ1n) is 35.9. The van der Waals surface area contributed by atoms with Crippen molar-refractivity contribution >= 4 is 11.9 Å². The average Bonchev–Trinajstić information content (AvgIpc) is 3.46. The van der Waals surface area contributed by atoms with Gasteiger partial charge in [-0.3, -0.25) is 9.59 Å². The zero-order chi connectivity index (χ0) is 57.8. The van der Waals surface area contributed by atoms with Crippen LogP contribution in [0.15, 0.2) is 48.6 Å². The molecule has 80 heavy (non-hydrogen) atoms. The second-order valence-corrected chi connectivity index (χ2v) is 24.6. The van der Waals surface area contributed by atoms with Crippen LogP contribution in [0.1, 0.15) is 386 Å². The highest BCUT2D eigenvalue weighted by atomic mass is 16.5. The quantitative estimate of drug-likeness (QED) is 0.0320. The van der Waals surface area contributed by atoms with Crippen LogP contribution >= 0.6 is 0 Å². The van der Waals surface area contributed by atoms with Crippen molar-refractivity contribution in [3.63, 3.8) is 0 Å². The van der Waals surface area contributed by atoms with Gasteiger partial charge < -0.3 is 20.3 Å². The van der Waals surface area contributed by atoms with Crippen LogP contribution in [-0.4, -0.2) is 47.4 Å². The fourth-order valence-electron chi connectivity index (χ4n) is 11.1. The maximum atomic E-state index is 12.4. The molecule has 0 aliphatic heterocycles. The molecule has 0 bridgehead atoms. The Bertz CT molecular complexity index is 1340. The summed E-state index contributed by atoms with van der Waals surface area (Å²) in [5.41, 5.74) is 0. The number of amides is 1. The predicted octanol–water partition coefficient (Wildman–Crippen LogP) is 23.3. The summed E-state index contributed by atoms with van der Waals surface area (Å²) >= 11 is 0. The molecular weight excluding hydrogens is 983 g/mol. The number of rotatable bonds is 67. The number of carbonyl (C=O) groups is 2. The van der Waals surface area contributed by atoms with E-state index in [9.17, 15) is 19.8 Å². The van der Waals surface area contributed by atoms with E-state index in [-0.39, 0.29) is 18.5 Å². The summed E-state index contributed by atoms with van der Waals surface area (Å²) in [4.78, 5) is 24.5. The molecule has 2 atom stereocenters. The van der Waals surface area contributed by atoms with Gasteiger partial charge in [0.05, 0.1) is 25.4 Å². The molecule has 0 radical (unpaired) electrons. The lowest BCUT2D eigenvalue weighted by Crippen LogP contribution is -2.45. The number of aliphatic hydroxyl groups is 2. The zero-order valence-electron chi connectivity index (χ0n) is 53.8.